The highest BCUT2D eigenvalue weighted by Crippen LogP contribution is 2.38. The number of likely N-dealkylation sites (N-methyl/N-ethyl adjacent to an activating group) is 1. The van der Waals surface area contributed by atoms with E-state index in [-0.39, 0.29) is 5.60 Å². The molecule has 0 radical (unpaired) electrons. The zero-order valence-electron chi connectivity index (χ0n) is 15.9. The maximum atomic E-state index is 6.38. The van der Waals surface area contributed by atoms with Gasteiger partial charge in [0.1, 0.15) is 0 Å². The molecule has 5 heteroatoms. The van der Waals surface area contributed by atoms with Crippen LogP contribution in [0.25, 0.3) is 0 Å². The summed E-state index contributed by atoms with van der Waals surface area (Å²) in [5.74, 6) is 0. The molecule has 2 fully saturated rings. The molecule has 0 bridgehead atoms. The molecule has 0 N–H and O–H groups in total. The average Bonchev–Trinajstić information content (AvgIpc) is 3.25. The zero-order chi connectivity index (χ0) is 18.0. The van der Waals surface area contributed by atoms with Crippen LogP contribution < -0.4 is 0 Å². The second-order valence-corrected chi connectivity index (χ2v) is 9.28. The van der Waals surface area contributed by atoms with Crippen LogP contribution in [-0.2, 0) is 17.8 Å². The van der Waals surface area contributed by atoms with Gasteiger partial charge in [0, 0.05) is 54.4 Å². The van der Waals surface area contributed by atoms with Crippen molar-refractivity contribution in [1.29, 1.82) is 0 Å². The summed E-state index contributed by atoms with van der Waals surface area (Å²) in [5, 5.41) is 0. The highest BCUT2D eigenvalue weighted by molar-refractivity contribution is 7.11. The van der Waals surface area contributed by atoms with E-state index in [1.807, 2.05) is 23.7 Å². The first-order valence-electron chi connectivity index (χ1n) is 9.63. The Morgan fingerprint density at radius 2 is 2.00 bits per heavy atom. The molecule has 140 valence electrons. The number of thiophene rings is 1. The van der Waals surface area contributed by atoms with Gasteiger partial charge in [-0.05, 0) is 63.1 Å². The van der Waals surface area contributed by atoms with E-state index in [1.165, 1.54) is 21.7 Å². The molecule has 2 aliphatic rings. The molecule has 4 nitrogen and oxygen atoms in total. The number of hydrogen-bond donors (Lipinski definition) is 0. The van der Waals surface area contributed by atoms with E-state index < -0.39 is 0 Å². The topological polar surface area (TPSA) is 28.6 Å². The summed E-state index contributed by atoms with van der Waals surface area (Å²) in [6, 6.07) is 9.24. The van der Waals surface area contributed by atoms with E-state index in [4.69, 9.17) is 4.74 Å². The van der Waals surface area contributed by atoms with Crippen LogP contribution in [0.1, 0.15) is 34.6 Å². The normalized spacial score (nSPS) is 23.1. The van der Waals surface area contributed by atoms with Gasteiger partial charge in [-0.3, -0.25) is 14.8 Å². The standard InChI is InChI=1S/C21H29N3OS/c1-17-3-4-20(26-17)15-24-11-7-21(8-12-24)13-19(16-25-21)23(2)14-18-5-9-22-10-6-18/h3-6,9-10,19H,7-8,11-16H2,1-2H3/t19-/m1/s1. The number of piperidine rings is 1. The molecular weight excluding hydrogens is 342 g/mol. The second-order valence-electron chi connectivity index (χ2n) is 7.91. The third-order valence-corrected chi connectivity index (χ3v) is 6.92. The second kappa shape index (κ2) is 7.77. The van der Waals surface area contributed by atoms with Crippen LogP contribution in [-0.4, -0.2) is 53.2 Å². The van der Waals surface area contributed by atoms with Gasteiger partial charge < -0.3 is 4.74 Å². The fourth-order valence-corrected chi connectivity index (χ4v) is 5.20. The van der Waals surface area contributed by atoms with E-state index in [1.54, 1.807) is 0 Å². The molecule has 2 aliphatic heterocycles. The van der Waals surface area contributed by atoms with Crippen LogP contribution >= 0.6 is 11.3 Å². The van der Waals surface area contributed by atoms with Gasteiger partial charge >= 0.3 is 0 Å². The molecule has 2 aromatic rings. The van der Waals surface area contributed by atoms with E-state index in [0.29, 0.717) is 6.04 Å². The van der Waals surface area contributed by atoms with E-state index in [0.717, 1.165) is 45.6 Å². The molecule has 0 unspecified atom stereocenters. The van der Waals surface area contributed by atoms with Crippen LogP contribution in [0.4, 0.5) is 0 Å². The van der Waals surface area contributed by atoms with Crippen LogP contribution in [0.2, 0.25) is 0 Å². The molecule has 1 atom stereocenters. The summed E-state index contributed by atoms with van der Waals surface area (Å²) in [7, 11) is 2.22. The van der Waals surface area contributed by atoms with Gasteiger partial charge in [-0.2, -0.15) is 0 Å². The lowest BCUT2D eigenvalue weighted by molar-refractivity contribution is -0.0451. The largest absolute Gasteiger partial charge is 0.373 e. The van der Waals surface area contributed by atoms with E-state index in [2.05, 4.69) is 53.0 Å². The van der Waals surface area contributed by atoms with Crippen molar-refractivity contribution in [2.45, 2.75) is 50.9 Å². The van der Waals surface area contributed by atoms with Crippen molar-refractivity contribution in [3.8, 4) is 0 Å². The highest BCUT2D eigenvalue weighted by Gasteiger charge is 2.43. The molecule has 26 heavy (non-hydrogen) atoms. The molecule has 4 heterocycles. The number of aryl methyl sites for hydroxylation is 1. The maximum absolute atomic E-state index is 6.38. The van der Waals surface area contributed by atoms with Crippen LogP contribution in [0.15, 0.2) is 36.7 Å². The Kier molecular flexibility index (Phi) is 5.41. The minimum atomic E-state index is 0.110. The lowest BCUT2D eigenvalue weighted by Gasteiger charge is -2.38. The highest BCUT2D eigenvalue weighted by atomic mass is 32.1. The third-order valence-electron chi connectivity index (χ3n) is 5.94. The van der Waals surface area contributed by atoms with Crippen LogP contribution in [0.5, 0.6) is 0 Å². The maximum Gasteiger partial charge on any atom is 0.0723 e. The van der Waals surface area contributed by atoms with Gasteiger partial charge in [0.15, 0.2) is 0 Å². The van der Waals surface area contributed by atoms with Gasteiger partial charge in [-0.1, -0.05) is 0 Å². The Morgan fingerprint density at radius 1 is 1.23 bits per heavy atom. The van der Waals surface area contributed by atoms with Crippen molar-refractivity contribution >= 4 is 11.3 Å². The number of aromatic nitrogens is 1. The summed E-state index contributed by atoms with van der Waals surface area (Å²) >= 11 is 1.93. The average molecular weight is 372 g/mol. The number of nitrogens with zero attached hydrogens (tertiary/aromatic N) is 3. The molecule has 1 spiro atoms. The van der Waals surface area contributed by atoms with Crippen LogP contribution in [0, 0.1) is 6.92 Å². The van der Waals surface area contributed by atoms with Crippen LogP contribution in [0.3, 0.4) is 0 Å². The van der Waals surface area contributed by atoms with Gasteiger partial charge in [0.25, 0.3) is 0 Å². The van der Waals surface area contributed by atoms with Crippen molar-refractivity contribution in [2.24, 2.45) is 0 Å². The molecule has 0 aromatic carbocycles. The van der Waals surface area contributed by atoms with Crippen molar-refractivity contribution in [2.75, 3.05) is 26.7 Å². The molecule has 2 aromatic heterocycles. The Bertz CT molecular complexity index is 709. The summed E-state index contributed by atoms with van der Waals surface area (Å²) in [4.78, 5) is 12.0. The number of hydrogen-bond acceptors (Lipinski definition) is 5. The van der Waals surface area contributed by atoms with Gasteiger partial charge in [-0.15, -0.1) is 11.3 Å². The first kappa shape index (κ1) is 18.1. The molecule has 0 amide bonds. The number of rotatable bonds is 5. The Morgan fingerprint density at radius 3 is 2.69 bits per heavy atom. The van der Waals surface area contributed by atoms with Crippen molar-refractivity contribution in [1.82, 2.24) is 14.8 Å². The minimum absolute atomic E-state index is 0.110. The predicted octanol–water partition coefficient (Wildman–Crippen LogP) is 3.71. The summed E-state index contributed by atoms with van der Waals surface area (Å²) in [6.45, 7) is 7.42. The monoisotopic (exact) mass is 371 g/mol. The van der Waals surface area contributed by atoms with E-state index >= 15 is 0 Å². The molecule has 0 saturated carbocycles. The summed E-state index contributed by atoms with van der Waals surface area (Å²) in [5.41, 5.74) is 1.43. The fourth-order valence-electron chi connectivity index (χ4n) is 4.27. The Balaban J connectivity index is 1.28. The van der Waals surface area contributed by atoms with Crippen molar-refractivity contribution in [3.63, 3.8) is 0 Å². The number of likely N-dealkylation sites (tertiary alicyclic amines) is 1. The lowest BCUT2D eigenvalue weighted by atomic mass is 9.87. The Labute approximate surface area is 160 Å². The smallest absolute Gasteiger partial charge is 0.0723 e. The third kappa shape index (κ3) is 4.17. The first-order chi connectivity index (χ1) is 12.6. The number of ether oxygens (including phenoxy) is 1. The van der Waals surface area contributed by atoms with Crippen molar-refractivity contribution in [3.05, 3.63) is 52.0 Å². The molecule has 4 rings (SSSR count). The minimum Gasteiger partial charge on any atom is -0.373 e. The van der Waals surface area contributed by atoms with Crippen molar-refractivity contribution < 1.29 is 4.74 Å². The van der Waals surface area contributed by atoms with E-state index in [9.17, 15) is 0 Å². The quantitative estimate of drug-likeness (QED) is 0.801. The molecule has 2 saturated heterocycles. The van der Waals surface area contributed by atoms with Gasteiger partial charge in [-0.25, -0.2) is 0 Å². The van der Waals surface area contributed by atoms with Gasteiger partial charge in [0.05, 0.1) is 12.2 Å². The summed E-state index contributed by atoms with van der Waals surface area (Å²) < 4.78 is 6.38. The first-order valence-corrected chi connectivity index (χ1v) is 10.4. The summed E-state index contributed by atoms with van der Waals surface area (Å²) in [6.07, 6.45) is 7.25. The lowest BCUT2D eigenvalue weighted by Crippen LogP contribution is -2.44. The SMILES string of the molecule is Cc1ccc(CN2CCC3(CC2)C[C@@H](N(C)Cc2ccncc2)CO3)s1. The Hall–Kier alpha value is -1.27. The fraction of sp³-hybridized carbons (Fsp3) is 0.571. The predicted molar refractivity (Wildman–Crippen MR) is 106 cm³/mol. The van der Waals surface area contributed by atoms with Gasteiger partial charge in [0.2, 0.25) is 0 Å². The number of pyridine rings is 1. The molecular formula is C21H29N3OS. The zero-order valence-corrected chi connectivity index (χ0v) is 16.7. The molecule has 0 aliphatic carbocycles.